The lowest BCUT2D eigenvalue weighted by molar-refractivity contribution is 0.947. The largest absolute Gasteiger partial charge is 0.305 e. The maximum Gasteiger partial charge on any atom is 0.136 e. The number of rotatable bonds is 0. The maximum atomic E-state index is 4.28. The minimum absolute atomic E-state index is 0.506. The highest BCUT2D eigenvalue weighted by Gasteiger charge is 2.04. The van der Waals surface area contributed by atoms with E-state index in [2.05, 4.69) is 47.8 Å². The van der Waals surface area contributed by atoms with Crippen molar-refractivity contribution in [2.45, 2.75) is 13.8 Å². The van der Waals surface area contributed by atoms with E-state index in [4.69, 9.17) is 0 Å². The molecular weight excluding hydrogens is 148 g/mol. The number of aryl methyl sites for hydroxylation is 1. The molecule has 1 aliphatic heterocycles. The third-order valence-electron chi connectivity index (χ3n) is 2.10. The van der Waals surface area contributed by atoms with Gasteiger partial charge in [-0.15, -0.1) is 0 Å². The predicted octanol–water partition coefficient (Wildman–Crippen LogP) is 2.33. The zero-order chi connectivity index (χ0) is 8.55. The van der Waals surface area contributed by atoms with Crippen LogP contribution >= 0.6 is 0 Å². The molecule has 0 saturated heterocycles. The van der Waals surface area contributed by atoms with Gasteiger partial charge in [0.2, 0.25) is 0 Å². The maximum absolute atomic E-state index is 4.28. The molecule has 0 radical (unpaired) electrons. The van der Waals surface area contributed by atoms with Gasteiger partial charge in [0.25, 0.3) is 0 Å². The lowest BCUT2D eigenvalue weighted by atomic mass is 10.2. The number of imidazole rings is 1. The van der Waals surface area contributed by atoms with Crippen LogP contribution in [0.4, 0.5) is 0 Å². The van der Waals surface area contributed by atoms with E-state index >= 15 is 0 Å². The molecule has 12 heavy (non-hydrogen) atoms. The summed E-state index contributed by atoms with van der Waals surface area (Å²) in [5.41, 5.74) is 1.18. The Morgan fingerprint density at radius 3 is 3.08 bits per heavy atom. The van der Waals surface area contributed by atoms with Crippen LogP contribution in [-0.2, 0) is 0 Å². The van der Waals surface area contributed by atoms with E-state index in [0.717, 1.165) is 5.82 Å². The quantitative estimate of drug-likeness (QED) is 0.569. The molecule has 0 N–H and O–H groups in total. The van der Waals surface area contributed by atoms with Gasteiger partial charge in [0.1, 0.15) is 5.82 Å². The molecule has 0 aromatic carbocycles. The molecule has 1 aliphatic rings. The Bertz CT molecular complexity index is 345. The summed E-state index contributed by atoms with van der Waals surface area (Å²) in [5, 5.41) is 0. The highest BCUT2D eigenvalue weighted by Crippen LogP contribution is 2.14. The van der Waals surface area contributed by atoms with Gasteiger partial charge in [0, 0.05) is 18.1 Å². The molecule has 0 saturated carbocycles. The van der Waals surface area contributed by atoms with Crippen LogP contribution in [0.15, 0.2) is 18.3 Å². The second-order valence-corrected chi connectivity index (χ2v) is 3.19. The van der Waals surface area contributed by atoms with Crippen LogP contribution in [-0.4, -0.2) is 9.55 Å². The Balaban J connectivity index is 2.54. The second kappa shape index (κ2) is 2.63. The van der Waals surface area contributed by atoms with E-state index in [-0.39, 0.29) is 0 Å². The zero-order valence-corrected chi connectivity index (χ0v) is 7.36. The fourth-order valence-electron chi connectivity index (χ4n) is 1.31. The lowest BCUT2D eigenvalue weighted by Crippen LogP contribution is -1.90. The summed E-state index contributed by atoms with van der Waals surface area (Å²) in [6.45, 7) is 4.22. The van der Waals surface area contributed by atoms with Crippen molar-refractivity contribution >= 4 is 12.3 Å². The molecule has 0 aliphatic carbocycles. The van der Waals surface area contributed by atoms with Crippen LogP contribution in [0, 0.1) is 12.8 Å². The van der Waals surface area contributed by atoms with Gasteiger partial charge in [-0.3, -0.25) is 0 Å². The summed E-state index contributed by atoms with van der Waals surface area (Å²) in [7, 11) is 0. The van der Waals surface area contributed by atoms with E-state index in [9.17, 15) is 0 Å². The molecule has 1 atom stereocenters. The average Bonchev–Trinajstić information content (AvgIpc) is 2.28. The summed E-state index contributed by atoms with van der Waals surface area (Å²) in [4.78, 5) is 4.28. The minimum atomic E-state index is 0.506. The van der Waals surface area contributed by atoms with Crippen LogP contribution in [0.5, 0.6) is 0 Å². The molecular formula is C10H12N2. The van der Waals surface area contributed by atoms with Crippen molar-refractivity contribution in [2.24, 2.45) is 5.92 Å². The van der Waals surface area contributed by atoms with E-state index in [1.165, 1.54) is 5.69 Å². The van der Waals surface area contributed by atoms with Crippen molar-refractivity contribution in [2.75, 3.05) is 0 Å². The molecule has 1 unspecified atom stereocenters. The van der Waals surface area contributed by atoms with E-state index in [0.29, 0.717) is 5.92 Å². The summed E-state index contributed by atoms with van der Waals surface area (Å²) in [6.07, 6.45) is 10.4. The van der Waals surface area contributed by atoms with Crippen molar-refractivity contribution in [1.82, 2.24) is 9.55 Å². The fourth-order valence-corrected chi connectivity index (χ4v) is 1.31. The van der Waals surface area contributed by atoms with E-state index in [1.54, 1.807) is 0 Å². The first-order chi connectivity index (χ1) is 5.77. The van der Waals surface area contributed by atoms with Gasteiger partial charge in [0.05, 0.1) is 0 Å². The summed E-state index contributed by atoms with van der Waals surface area (Å²) < 4.78 is 2.10. The van der Waals surface area contributed by atoms with Crippen LogP contribution in [0.1, 0.15) is 18.4 Å². The number of allylic oxidation sites excluding steroid dienone is 2. The van der Waals surface area contributed by atoms with Gasteiger partial charge in [-0.25, -0.2) is 4.98 Å². The SMILES string of the molecule is Cc1cnc2n1C=CC(C)C=C2. The van der Waals surface area contributed by atoms with Crippen LogP contribution in [0.2, 0.25) is 0 Å². The highest BCUT2D eigenvalue weighted by molar-refractivity contribution is 5.50. The van der Waals surface area contributed by atoms with Crippen LogP contribution < -0.4 is 0 Å². The molecule has 2 heteroatoms. The smallest absolute Gasteiger partial charge is 0.136 e. The number of hydrogen-bond donors (Lipinski definition) is 0. The number of hydrogen-bond acceptors (Lipinski definition) is 1. The average molecular weight is 160 g/mol. The Morgan fingerprint density at radius 1 is 1.42 bits per heavy atom. The Labute approximate surface area is 72.2 Å². The van der Waals surface area contributed by atoms with Crippen LogP contribution in [0.3, 0.4) is 0 Å². The van der Waals surface area contributed by atoms with Crippen molar-refractivity contribution in [3.05, 3.63) is 29.9 Å². The minimum Gasteiger partial charge on any atom is -0.305 e. The molecule has 2 heterocycles. The molecule has 0 fully saturated rings. The van der Waals surface area contributed by atoms with Gasteiger partial charge in [-0.1, -0.05) is 19.1 Å². The molecule has 62 valence electrons. The Kier molecular flexibility index (Phi) is 1.61. The highest BCUT2D eigenvalue weighted by atomic mass is 15.1. The zero-order valence-electron chi connectivity index (χ0n) is 7.36. The monoisotopic (exact) mass is 160 g/mol. The van der Waals surface area contributed by atoms with Gasteiger partial charge >= 0.3 is 0 Å². The van der Waals surface area contributed by atoms with Gasteiger partial charge in [-0.2, -0.15) is 0 Å². The number of fused-ring (bicyclic) bond motifs is 1. The second-order valence-electron chi connectivity index (χ2n) is 3.19. The third-order valence-corrected chi connectivity index (χ3v) is 2.10. The standard InChI is InChI=1S/C10H12N2/c1-8-3-4-10-11-7-9(2)12(10)6-5-8/h3-8H,1-2H3. The van der Waals surface area contributed by atoms with Crippen molar-refractivity contribution < 1.29 is 0 Å². The third kappa shape index (κ3) is 1.09. The topological polar surface area (TPSA) is 17.8 Å². The van der Waals surface area contributed by atoms with Gasteiger partial charge in [-0.05, 0) is 18.9 Å². The number of nitrogens with zero attached hydrogens (tertiary/aromatic N) is 2. The molecule has 1 aromatic rings. The molecule has 0 amide bonds. The first-order valence-electron chi connectivity index (χ1n) is 4.18. The first-order valence-corrected chi connectivity index (χ1v) is 4.18. The number of aromatic nitrogens is 2. The molecule has 0 bridgehead atoms. The normalized spacial score (nSPS) is 20.7. The van der Waals surface area contributed by atoms with Crippen molar-refractivity contribution in [3.8, 4) is 0 Å². The molecule has 2 rings (SSSR count). The Morgan fingerprint density at radius 2 is 2.25 bits per heavy atom. The van der Waals surface area contributed by atoms with Crippen molar-refractivity contribution in [1.29, 1.82) is 0 Å². The predicted molar refractivity (Wildman–Crippen MR) is 50.5 cm³/mol. The lowest BCUT2D eigenvalue weighted by Gasteiger charge is -1.97. The van der Waals surface area contributed by atoms with Gasteiger partial charge < -0.3 is 4.57 Å². The van der Waals surface area contributed by atoms with Gasteiger partial charge in [0.15, 0.2) is 0 Å². The van der Waals surface area contributed by atoms with Crippen molar-refractivity contribution in [3.63, 3.8) is 0 Å². The van der Waals surface area contributed by atoms with E-state index in [1.807, 2.05) is 6.20 Å². The van der Waals surface area contributed by atoms with E-state index < -0.39 is 0 Å². The Hall–Kier alpha value is -1.31. The summed E-state index contributed by atoms with van der Waals surface area (Å²) >= 11 is 0. The first kappa shape index (κ1) is 7.35. The summed E-state index contributed by atoms with van der Waals surface area (Å²) in [6, 6.07) is 0. The molecule has 2 nitrogen and oxygen atoms in total. The fraction of sp³-hybridized carbons (Fsp3) is 0.300. The van der Waals surface area contributed by atoms with Crippen LogP contribution in [0.25, 0.3) is 12.3 Å². The molecule has 0 spiro atoms. The summed E-state index contributed by atoms with van der Waals surface area (Å²) in [5.74, 6) is 1.53. The molecule has 1 aromatic heterocycles.